The molecule has 0 atom stereocenters. The predicted octanol–water partition coefficient (Wildman–Crippen LogP) is 9.58. The normalized spacial score (nSPS) is 15.1. The van der Waals surface area contributed by atoms with E-state index in [4.69, 9.17) is 41.5 Å². The summed E-state index contributed by atoms with van der Waals surface area (Å²) >= 11 is 0. The number of carbonyl (C=O) groups is 1. The summed E-state index contributed by atoms with van der Waals surface area (Å²) in [4.78, 5) is 14.2. The Morgan fingerprint density at radius 2 is 0.653 bits per heavy atom. The molecule has 0 aromatic carbocycles. The number of rotatable bonds is 23. The van der Waals surface area contributed by atoms with Crippen LogP contribution in [-0.4, -0.2) is 91.3 Å². The molecule has 0 aliphatic carbocycles. The van der Waals surface area contributed by atoms with E-state index in [1.165, 1.54) is 0 Å². The molecule has 0 spiro atoms. The molecule has 0 amide bonds. The van der Waals surface area contributed by atoms with Crippen molar-refractivity contribution in [2.24, 2.45) is 0 Å². The van der Waals surface area contributed by atoms with Crippen molar-refractivity contribution in [2.45, 2.75) is 164 Å². The van der Waals surface area contributed by atoms with Gasteiger partial charge in [-0.05, 0) is 131 Å². The Balaban J connectivity index is 8.19. The van der Waals surface area contributed by atoms with Gasteiger partial charge in [0.05, 0.1) is 0 Å². The molecule has 0 N–H and O–H groups in total. The molecule has 0 radical (unpaired) electrons. The quantitative estimate of drug-likeness (QED) is 0.0724. The average Bonchev–Trinajstić information content (AvgIpc) is 2.67. The van der Waals surface area contributed by atoms with Crippen LogP contribution < -0.4 is 0 Å². The van der Waals surface area contributed by atoms with Crippen molar-refractivity contribution in [3.05, 3.63) is 12.2 Å². The van der Waals surface area contributed by atoms with Gasteiger partial charge in [-0.2, -0.15) is 0 Å². The lowest BCUT2D eigenvalue weighted by Gasteiger charge is -2.47. The number of carbonyl (C=O) groups excluding carboxylic acids is 1. The summed E-state index contributed by atoms with van der Waals surface area (Å²) in [5.41, 5.74) is 0.288. The van der Waals surface area contributed by atoms with Gasteiger partial charge in [0.25, 0.3) is 0 Å². The second kappa shape index (κ2) is 17.7. The number of hydrogen-bond donors (Lipinski definition) is 0. The van der Waals surface area contributed by atoms with E-state index in [1.54, 1.807) is 0 Å². The fraction of sp³-hybridized carbons (Fsp3) is 0.893. The second-order valence-corrected chi connectivity index (χ2v) is 57.9. The van der Waals surface area contributed by atoms with Gasteiger partial charge in [-0.3, -0.25) is 0 Å². The van der Waals surface area contributed by atoms with Crippen LogP contribution in [0.25, 0.3) is 0 Å². The molecule has 0 fully saturated rings. The van der Waals surface area contributed by atoms with Gasteiger partial charge in [-0.25, -0.2) is 4.79 Å². The van der Waals surface area contributed by atoms with Crippen molar-refractivity contribution >= 4 is 91.3 Å². The predicted molar refractivity (Wildman–Crippen MR) is 225 cm³/mol. The smallest absolute Gasteiger partial charge is 0.450 e. The molecule has 49 heavy (non-hydrogen) atoms. The van der Waals surface area contributed by atoms with E-state index in [-0.39, 0.29) is 5.57 Å². The van der Waals surface area contributed by atoms with Gasteiger partial charge in [0.2, 0.25) is 0 Å². The van der Waals surface area contributed by atoms with Crippen molar-refractivity contribution in [3.8, 4) is 0 Å². The molecule has 11 nitrogen and oxygen atoms in total. The molecule has 0 heterocycles. The Hall–Kier alpha value is 1.02. The third-order valence-corrected chi connectivity index (χ3v) is 36.7. The number of unbranched alkanes of at least 4 members (excludes halogenated alkanes) is 1. The Bertz CT molecular complexity index is 930. The molecule has 0 aliphatic rings. The van der Waals surface area contributed by atoms with Crippen molar-refractivity contribution in [3.63, 3.8) is 0 Å². The van der Waals surface area contributed by atoms with Crippen LogP contribution in [0.1, 0.15) is 26.2 Å². The summed E-state index contributed by atoms with van der Waals surface area (Å²) in [6.45, 7) is 49.0. The fourth-order valence-electron chi connectivity index (χ4n) is 5.01. The minimum absolute atomic E-state index is 0.288. The van der Waals surface area contributed by atoms with E-state index >= 15 is 0 Å². The molecule has 0 saturated carbocycles. The first-order valence-corrected chi connectivity index (χ1v) is 46.2. The molecule has 0 aliphatic heterocycles. The zero-order valence-electron chi connectivity index (χ0n) is 35.3. The minimum atomic E-state index is -4.81. The van der Waals surface area contributed by atoms with Crippen LogP contribution in [0.3, 0.4) is 0 Å². The van der Waals surface area contributed by atoms with Crippen LogP contribution in [0.2, 0.25) is 137 Å². The van der Waals surface area contributed by atoms with Gasteiger partial charge in [-0.1, -0.05) is 19.9 Å². The molecule has 21 heteroatoms. The van der Waals surface area contributed by atoms with Crippen molar-refractivity contribution in [1.29, 1.82) is 0 Å². The van der Waals surface area contributed by atoms with Gasteiger partial charge >= 0.3 is 41.4 Å². The van der Waals surface area contributed by atoms with Gasteiger partial charge in [0, 0.05) is 25.2 Å². The average molecular weight is 868 g/mol. The van der Waals surface area contributed by atoms with E-state index < -0.39 is 91.3 Å². The van der Waals surface area contributed by atoms with Crippen LogP contribution in [0.4, 0.5) is 0 Å². The van der Waals surface area contributed by atoms with E-state index in [9.17, 15) is 4.79 Å². The van der Waals surface area contributed by atoms with E-state index in [1.807, 2.05) is 19.6 Å². The highest BCUT2D eigenvalue weighted by molar-refractivity contribution is 6.94. The van der Waals surface area contributed by atoms with E-state index in [0.29, 0.717) is 6.42 Å². The maximum Gasteiger partial charge on any atom is 0.729 e. The maximum absolute atomic E-state index is 14.2. The summed E-state index contributed by atoms with van der Waals surface area (Å²) in [5.74, 6) is -0.674. The molecule has 292 valence electrons. The zero-order chi connectivity index (χ0) is 39.3. The highest BCUT2D eigenvalue weighted by Crippen LogP contribution is 2.36. The lowest BCUT2D eigenvalue weighted by molar-refractivity contribution is -0.136. The first-order valence-electron chi connectivity index (χ1n) is 17.5. The topological polar surface area (TPSA) is 109 Å². The van der Waals surface area contributed by atoms with Gasteiger partial charge in [0.15, 0.2) is 49.9 Å². The van der Waals surface area contributed by atoms with Crippen molar-refractivity contribution in [2.75, 3.05) is 0 Å². The summed E-state index contributed by atoms with van der Waals surface area (Å²) in [6.07, 6.45) is 2.10. The summed E-state index contributed by atoms with van der Waals surface area (Å²) in [6, 6.07) is 0. The largest absolute Gasteiger partial charge is 0.729 e. The Labute approximate surface area is 311 Å². The third-order valence-electron chi connectivity index (χ3n) is 5.22. The Morgan fingerprint density at radius 3 is 0.837 bits per heavy atom. The molecular weight excluding hydrogens is 793 g/mol. The zero-order valence-corrected chi connectivity index (χ0v) is 45.3. The summed E-state index contributed by atoms with van der Waals surface area (Å²) in [5, 5.41) is 0. The van der Waals surface area contributed by atoms with E-state index in [2.05, 4.69) is 131 Å². The highest BCUT2D eigenvalue weighted by Gasteiger charge is 2.68. The molecular formula is C28H74O11Si10. The first-order chi connectivity index (χ1) is 21.2. The SMILES string of the molecule is C=C(CCCC)C(=O)O[Si](O[Si](C)(O[Si](C)(C)C)O[Si](C)(C)C)(O[Si](C)(O[Si](C)(C)C)O[Si](C)(C)C)O[Si](C)(O[Si](C)(C)C)O[Si](C)(C)C. The molecule has 0 bridgehead atoms. The molecule has 0 rings (SSSR count). The van der Waals surface area contributed by atoms with Crippen LogP contribution in [0.15, 0.2) is 12.2 Å². The third kappa shape index (κ3) is 23.4. The van der Waals surface area contributed by atoms with Gasteiger partial charge in [-0.15, -0.1) is 0 Å². The monoisotopic (exact) mass is 866 g/mol. The van der Waals surface area contributed by atoms with E-state index in [0.717, 1.165) is 12.8 Å². The lowest BCUT2D eigenvalue weighted by Crippen LogP contribution is -2.72. The first kappa shape index (κ1) is 50.0. The number of hydrogen-bond acceptors (Lipinski definition) is 11. The maximum atomic E-state index is 14.2. The summed E-state index contributed by atoms with van der Waals surface area (Å²) in [7, 11) is -29.9. The van der Waals surface area contributed by atoms with Crippen LogP contribution in [0.5, 0.6) is 0 Å². The highest BCUT2D eigenvalue weighted by atomic mass is 28.6. The molecule has 0 saturated heterocycles. The molecule has 0 aromatic rings. The lowest BCUT2D eigenvalue weighted by atomic mass is 10.1. The standard InChI is InChI=1S/C28H74O11Si10/c1-24-25-26-27(2)28(29)30-49(37-46(21,31-40(3,4)5)32-41(6,7)8,38-47(22,33-42(9,10)11)34-43(12,13)14)39-48(23,35-44(15,16)17)36-45(18,19)20/h2,24-26H2,1,3-23H3. The van der Waals surface area contributed by atoms with Crippen LogP contribution >= 0.6 is 0 Å². The summed E-state index contributed by atoms with van der Waals surface area (Å²) < 4.78 is 68.9. The van der Waals surface area contributed by atoms with Gasteiger partial charge in [0.1, 0.15) is 0 Å². The van der Waals surface area contributed by atoms with Crippen LogP contribution in [-0.2, 0) is 46.3 Å². The second-order valence-electron chi connectivity index (χ2n) is 18.8. The fourth-order valence-corrected chi connectivity index (χ4v) is 44.5. The van der Waals surface area contributed by atoms with Crippen molar-refractivity contribution in [1.82, 2.24) is 0 Å². The Morgan fingerprint density at radius 1 is 0.429 bits per heavy atom. The van der Waals surface area contributed by atoms with Crippen molar-refractivity contribution < 1.29 is 46.3 Å². The molecule has 0 aromatic heterocycles. The Kier molecular flexibility index (Phi) is 18.0. The molecule has 0 unspecified atom stereocenters. The van der Waals surface area contributed by atoms with Crippen LogP contribution in [0, 0.1) is 0 Å². The minimum Gasteiger partial charge on any atom is -0.450 e. The van der Waals surface area contributed by atoms with Gasteiger partial charge < -0.3 is 41.5 Å².